The van der Waals surface area contributed by atoms with Gasteiger partial charge in [-0.2, -0.15) is 0 Å². The van der Waals surface area contributed by atoms with E-state index < -0.39 is 44.9 Å². The number of aromatic amines is 1. The number of nitrogens with one attached hydrogen (secondary N) is 2. The van der Waals surface area contributed by atoms with Crippen molar-refractivity contribution in [2.24, 2.45) is 4.99 Å². The van der Waals surface area contributed by atoms with Crippen molar-refractivity contribution >= 4 is 25.9 Å². The number of phosphoric ester groups is 1. The van der Waals surface area contributed by atoms with Crippen molar-refractivity contribution in [3.8, 4) is 0 Å². The minimum absolute atomic E-state index is 0.0110. The molecule has 0 spiro atoms. The van der Waals surface area contributed by atoms with Gasteiger partial charge in [0, 0.05) is 0 Å². The van der Waals surface area contributed by atoms with E-state index in [1.807, 2.05) is 0 Å². The number of carbonyl (C=O) groups excluding carboxylic acids is 1. The molecule has 1 aliphatic heterocycles. The smallest absolute Gasteiger partial charge is 0.387 e. The number of nitrogen functional groups attached to an aromatic ring is 1. The van der Waals surface area contributed by atoms with Crippen LogP contribution in [-0.4, -0.2) is 73.4 Å². The second-order valence-electron chi connectivity index (χ2n) is 4.75. The zero-order valence-electron chi connectivity index (χ0n) is 12.0. The third-order valence-electron chi connectivity index (χ3n) is 3.06. The van der Waals surface area contributed by atoms with Crippen LogP contribution < -0.4 is 11.1 Å². The molecule has 1 unspecified atom stereocenters. The largest absolute Gasteiger partial charge is 0.469 e. The number of aliphatic imine (C=N–C) groups is 1. The number of hydrogen-bond donors (Lipinski definition) is 7. The Morgan fingerprint density at radius 3 is 2.83 bits per heavy atom. The van der Waals surface area contributed by atoms with Crippen molar-refractivity contribution in [3.63, 3.8) is 0 Å². The van der Waals surface area contributed by atoms with Crippen molar-refractivity contribution < 1.29 is 38.6 Å². The summed E-state index contributed by atoms with van der Waals surface area (Å²) in [7, 11) is -4.74. The summed E-state index contributed by atoms with van der Waals surface area (Å²) in [6.45, 7) is -0.647. The standard InChI is InChI=1S/C10H16N5O8P/c11-8-5(12-2-13-8)9(18)14-3-15-10-7(17)6(16)4(23-10)1-22-24(19,20)21/h2-4,6-7,10,16-17H,1,11H2,(H,12,13)(H,14,15,18)(H2,19,20,21)/t4-,6-,7-,10?/m1/s1. The monoisotopic (exact) mass is 365 g/mol. The van der Waals surface area contributed by atoms with Crippen LogP contribution >= 0.6 is 7.82 Å². The summed E-state index contributed by atoms with van der Waals surface area (Å²) in [5, 5.41) is 21.7. The number of ether oxygens (including phenoxy) is 1. The number of aliphatic hydroxyl groups is 2. The highest BCUT2D eigenvalue weighted by Crippen LogP contribution is 2.37. The average Bonchev–Trinajstić information content (AvgIpc) is 3.03. The van der Waals surface area contributed by atoms with Gasteiger partial charge in [0.15, 0.2) is 12.0 Å². The number of imidazole rings is 1. The molecule has 1 aromatic rings. The molecule has 0 radical (unpaired) electrons. The van der Waals surface area contributed by atoms with Crippen molar-refractivity contribution in [1.82, 2.24) is 15.3 Å². The van der Waals surface area contributed by atoms with Gasteiger partial charge in [-0.1, -0.05) is 0 Å². The van der Waals surface area contributed by atoms with Crippen molar-refractivity contribution in [2.75, 3.05) is 12.3 Å². The maximum absolute atomic E-state index is 11.7. The van der Waals surface area contributed by atoms with Crippen LogP contribution in [0.3, 0.4) is 0 Å². The fraction of sp³-hybridized carbons (Fsp3) is 0.500. The quantitative estimate of drug-likeness (QED) is 0.157. The van der Waals surface area contributed by atoms with E-state index >= 15 is 0 Å². The lowest BCUT2D eigenvalue weighted by Gasteiger charge is -2.14. The highest BCUT2D eigenvalue weighted by atomic mass is 31.2. The number of amides is 1. The minimum Gasteiger partial charge on any atom is -0.387 e. The lowest BCUT2D eigenvalue weighted by Crippen LogP contribution is -2.34. The molecule has 2 heterocycles. The van der Waals surface area contributed by atoms with Crippen LogP contribution in [0, 0.1) is 0 Å². The van der Waals surface area contributed by atoms with E-state index in [2.05, 4.69) is 24.8 Å². The molecule has 0 saturated carbocycles. The van der Waals surface area contributed by atoms with E-state index in [1.165, 1.54) is 6.33 Å². The van der Waals surface area contributed by atoms with Crippen LogP contribution in [0.25, 0.3) is 0 Å². The first kappa shape index (κ1) is 18.5. The Labute approximate surface area is 134 Å². The van der Waals surface area contributed by atoms with Crippen LogP contribution in [0.1, 0.15) is 10.5 Å². The third kappa shape index (κ3) is 4.58. The lowest BCUT2D eigenvalue weighted by atomic mass is 10.1. The van der Waals surface area contributed by atoms with E-state index in [4.69, 9.17) is 20.3 Å². The molecule has 13 nitrogen and oxygen atoms in total. The summed E-state index contributed by atoms with van der Waals surface area (Å²) in [5.74, 6) is -0.647. The Hall–Kier alpha value is -1.86. The zero-order chi connectivity index (χ0) is 17.9. The summed E-state index contributed by atoms with van der Waals surface area (Å²) >= 11 is 0. The predicted molar refractivity (Wildman–Crippen MR) is 77.6 cm³/mol. The van der Waals surface area contributed by atoms with E-state index in [9.17, 15) is 19.6 Å². The number of hydrogen-bond acceptors (Lipinski definition) is 9. The Morgan fingerprint density at radius 1 is 1.54 bits per heavy atom. The molecule has 1 aliphatic rings. The SMILES string of the molecule is Nc1nc[nH]c1C(=O)NC=NC1O[C@H](COP(=O)(O)O)[C@@H](O)[C@H]1O. The van der Waals surface area contributed by atoms with Crippen LogP contribution in [0.2, 0.25) is 0 Å². The molecular formula is C10H16N5O8P. The molecule has 0 bridgehead atoms. The van der Waals surface area contributed by atoms with Crippen molar-refractivity contribution in [1.29, 1.82) is 0 Å². The zero-order valence-corrected chi connectivity index (χ0v) is 12.9. The molecule has 2 rings (SSSR count). The second kappa shape index (κ2) is 7.36. The summed E-state index contributed by atoms with van der Waals surface area (Å²) in [6.07, 6.45) is -3.25. The highest BCUT2D eigenvalue weighted by Gasteiger charge is 2.43. The third-order valence-corrected chi connectivity index (χ3v) is 3.54. The molecule has 1 amide bonds. The molecule has 0 aromatic carbocycles. The summed E-state index contributed by atoms with van der Waals surface area (Å²) < 4.78 is 19.9. The normalized spacial score (nSPS) is 27.7. The van der Waals surface area contributed by atoms with Gasteiger partial charge in [0.1, 0.15) is 24.0 Å². The molecule has 0 aliphatic carbocycles. The molecule has 8 N–H and O–H groups in total. The van der Waals surface area contributed by atoms with Gasteiger partial charge in [-0.15, -0.1) is 0 Å². The van der Waals surface area contributed by atoms with Crippen LogP contribution in [-0.2, 0) is 13.8 Å². The fourth-order valence-corrected chi connectivity index (χ4v) is 2.23. The minimum atomic E-state index is -4.74. The van der Waals surface area contributed by atoms with E-state index in [0.717, 1.165) is 6.34 Å². The number of aromatic nitrogens is 2. The van der Waals surface area contributed by atoms with Gasteiger partial charge < -0.3 is 40.8 Å². The molecule has 1 fully saturated rings. The predicted octanol–water partition coefficient (Wildman–Crippen LogP) is -2.69. The van der Waals surface area contributed by atoms with Gasteiger partial charge in [0.2, 0.25) is 0 Å². The molecule has 134 valence electrons. The van der Waals surface area contributed by atoms with Gasteiger partial charge >= 0.3 is 7.82 Å². The topological polar surface area (TPSA) is 213 Å². The summed E-state index contributed by atoms with van der Waals surface area (Å²) in [5.41, 5.74) is 5.46. The molecule has 14 heteroatoms. The Balaban J connectivity index is 1.89. The first-order valence-corrected chi connectivity index (χ1v) is 8.05. The number of aliphatic hydroxyl groups excluding tert-OH is 2. The van der Waals surface area contributed by atoms with Crippen molar-refractivity contribution in [2.45, 2.75) is 24.5 Å². The maximum Gasteiger partial charge on any atom is 0.469 e. The second-order valence-corrected chi connectivity index (χ2v) is 5.99. The lowest BCUT2D eigenvalue weighted by molar-refractivity contribution is -0.0190. The van der Waals surface area contributed by atoms with Crippen LogP contribution in [0.4, 0.5) is 5.82 Å². The number of phosphoric acid groups is 1. The van der Waals surface area contributed by atoms with Gasteiger partial charge in [0.05, 0.1) is 19.3 Å². The molecular weight excluding hydrogens is 349 g/mol. The van der Waals surface area contributed by atoms with E-state index in [-0.39, 0.29) is 11.5 Å². The van der Waals surface area contributed by atoms with Crippen molar-refractivity contribution in [3.05, 3.63) is 12.0 Å². The number of H-pyrrole nitrogens is 1. The molecule has 4 atom stereocenters. The van der Waals surface area contributed by atoms with Gasteiger partial charge in [-0.25, -0.2) is 14.5 Å². The average molecular weight is 365 g/mol. The number of rotatable bonds is 6. The van der Waals surface area contributed by atoms with Crippen LogP contribution in [0.15, 0.2) is 11.3 Å². The Bertz CT molecular complexity index is 659. The molecule has 1 saturated heterocycles. The maximum atomic E-state index is 11.7. The first-order chi connectivity index (χ1) is 11.2. The van der Waals surface area contributed by atoms with E-state index in [1.54, 1.807) is 0 Å². The highest BCUT2D eigenvalue weighted by molar-refractivity contribution is 7.46. The Kier molecular flexibility index (Phi) is 5.66. The summed E-state index contributed by atoms with van der Waals surface area (Å²) in [4.78, 5) is 38.8. The molecule has 24 heavy (non-hydrogen) atoms. The summed E-state index contributed by atoms with van der Waals surface area (Å²) in [6, 6.07) is 0. The molecule has 1 aromatic heterocycles. The van der Waals surface area contributed by atoms with Gasteiger partial charge in [-0.05, 0) is 0 Å². The number of anilines is 1. The van der Waals surface area contributed by atoms with Gasteiger partial charge in [-0.3, -0.25) is 9.32 Å². The number of carbonyl (C=O) groups is 1. The van der Waals surface area contributed by atoms with E-state index in [0.29, 0.717) is 0 Å². The number of nitrogens with zero attached hydrogens (tertiary/aromatic N) is 2. The first-order valence-electron chi connectivity index (χ1n) is 6.52. The fourth-order valence-electron chi connectivity index (χ4n) is 1.89. The number of nitrogens with two attached hydrogens (primary N) is 1. The van der Waals surface area contributed by atoms with Gasteiger partial charge in [0.25, 0.3) is 5.91 Å². The Morgan fingerprint density at radius 2 is 2.25 bits per heavy atom. The van der Waals surface area contributed by atoms with Crippen LogP contribution in [0.5, 0.6) is 0 Å².